The van der Waals surface area contributed by atoms with Crippen LogP contribution in [0, 0.1) is 19.8 Å². The molecule has 1 heterocycles. The lowest BCUT2D eigenvalue weighted by atomic mass is 9.98. The van der Waals surface area contributed by atoms with E-state index in [-0.39, 0.29) is 24.1 Å². The average Bonchev–Trinajstić information content (AvgIpc) is 2.72. The molecule has 3 rings (SSSR count). The van der Waals surface area contributed by atoms with Crippen molar-refractivity contribution in [2.75, 3.05) is 24.2 Å². The van der Waals surface area contributed by atoms with Crippen LogP contribution in [0.4, 0.5) is 5.69 Å². The molecular formula is C23H30N2O3S. The molecule has 156 valence electrons. The first-order valence-electron chi connectivity index (χ1n) is 10.3. The third kappa shape index (κ3) is 5.67. The summed E-state index contributed by atoms with van der Waals surface area (Å²) in [5, 5.41) is 3.00. The highest BCUT2D eigenvalue weighted by Crippen LogP contribution is 2.24. The molecule has 6 heteroatoms. The van der Waals surface area contributed by atoms with Crippen molar-refractivity contribution in [1.29, 1.82) is 0 Å². The number of hydrogen-bond acceptors (Lipinski definition) is 3. The van der Waals surface area contributed by atoms with Crippen molar-refractivity contribution in [2.24, 2.45) is 5.92 Å². The Morgan fingerprint density at radius 3 is 2.62 bits per heavy atom. The van der Waals surface area contributed by atoms with E-state index in [1.807, 2.05) is 62.4 Å². The maximum Gasteiger partial charge on any atom is 0.228 e. The Morgan fingerprint density at radius 2 is 1.86 bits per heavy atom. The van der Waals surface area contributed by atoms with Crippen molar-refractivity contribution < 1.29 is 13.2 Å². The summed E-state index contributed by atoms with van der Waals surface area (Å²) in [7, 11) is -3.35. The minimum atomic E-state index is -3.35. The molecular weight excluding hydrogens is 384 g/mol. The number of piperidine rings is 1. The van der Waals surface area contributed by atoms with Crippen LogP contribution in [0.1, 0.15) is 36.0 Å². The van der Waals surface area contributed by atoms with Crippen molar-refractivity contribution in [3.05, 3.63) is 65.2 Å². The summed E-state index contributed by atoms with van der Waals surface area (Å²) in [6.45, 7) is 4.76. The molecule has 1 aliphatic rings. The fraction of sp³-hybridized carbons (Fsp3) is 0.435. The number of hydrogen-bond donors (Lipinski definition) is 1. The molecule has 1 amide bonds. The quantitative estimate of drug-likeness (QED) is 0.747. The van der Waals surface area contributed by atoms with E-state index in [0.29, 0.717) is 25.8 Å². The van der Waals surface area contributed by atoms with Crippen molar-refractivity contribution in [3.8, 4) is 0 Å². The van der Waals surface area contributed by atoms with Crippen LogP contribution in [0.15, 0.2) is 48.5 Å². The summed E-state index contributed by atoms with van der Waals surface area (Å²) in [6, 6.07) is 15.7. The topological polar surface area (TPSA) is 66.5 Å². The Balaban J connectivity index is 1.57. The van der Waals surface area contributed by atoms with E-state index in [4.69, 9.17) is 0 Å². The highest BCUT2D eigenvalue weighted by Gasteiger charge is 2.32. The molecule has 5 nitrogen and oxygen atoms in total. The molecule has 0 saturated carbocycles. The summed E-state index contributed by atoms with van der Waals surface area (Å²) in [4.78, 5) is 12.8. The highest BCUT2D eigenvalue weighted by atomic mass is 32.2. The van der Waals surface area contributed by atoms with E-state index >= 15 is 0 Å². The van der Waals surface area contributed by atoms with Crippen LogP contribution < -0.4 is 5.32 Å². The van der Waals surface area contributed by atoms with Gasteiger partial charge in [0, 0.05) is 18.8 Å². The summed E-state index contributed by atoms with van der Waals surface area (Å²) in [6.07, 6.45) is 2.75. The lowest BCUT2D eigenvalue weighted by molar-refractivity contribution is -0.120. The second-order valence-electron chi connectivity index (χ2n) is 7.84. The van der Waals surface area contributed by atoms with Gasteiger partial charge in [0.1, 0.15) is 0 Å². The minimum absolute atomic E-state index is 0.0946. The predicted octanol–water partition coefficient (Wildman–Crippen LogP) is 3.92. The van der Waals surface area contributed by atoms with E-state index in [1.165, 1.54) is 4.31 Å². The normalized spacial score (nSPS) is 17.8. The maximum absolute atomic E-state index is 12.8. The standard InChI is InChI=1S/C23H30N2O3S/c1-18-9-6-14-22(19(18)2)24-23(26)21-13-7-15-25(17-21)29(27,28)16-8-12-20-10-4-3-5-11-20/h3-6,9-11,14,21H,7-8,12-13,15-17H2,1-2H3,(H,24,26)/t21-/m0/s1. The number of nitrogens with one attached hydrogen (secondary N) is 1. The Morgan fingerprint density at radius 1 is 1.10 bits per heavy atom. The number of nitrogens with zero attached hydrogens (tertiary/aromatic N) is 1. The monoisotopic (exact) mass is 414 g/mol. The molecule has 0 unspecified atom stereocenters. The molecule has 1 atom stereocenters. The lowest BCUT2D eigenvalue weighted by Crippen LogP contribution is -2.44. The van der Waals surface area contributed by atoms with Crippen LogP contribution in [0.5, 0.6) is 0 Å². The number of aryl methyl sites for hydroxylation is 2. The van der Waals surface area contributed by atoms with E-state index in [9.17, 15) is 13.2 Å². The molecule has 1 N–H and O–H groups in total. The zero-order valence-electron chi connectivity index (χ0n) is 17.2. The molecule has 0 radical (unpaired) electrons. The zero-order chi connectivity index (χ0) is 20.9. The number of rotatable bonds is 7. The van der Waals surface area contributed by atoms with Crippen LogP contribution in [0.3, 0.4) is 0 Å². The number of carbonyl (C=O) groups is 1. The van der Waals surface area contributed by atoms with Crippen molar-refractivity contribution in [1.82, 2.24) is 4.31 Å². The molecule has 1 aliphatic heterocycles. The number of amides is 1. The molecule has 0 aromatic heterocycles. The van der Waals surface area contributed by atoms with Gasteiger partial charge >= 0.3 is 0 Å². The number of benzene rings is 2. The summed E-state index contributed by atoms with van der Waals surface area (Å²) in [5.41, 5.74) is 4.11. The third-order valence-electron chi connectivity index (χ3n) is 5.72. The van der Waals surface area contributed by atoms with Gasteiger partial charge in [0.2, 0.25) is 15.9 Å². The Hall–Kier alpha value is -2.18. The third-order valence-corrected chi connectivity index (χ3v) is 7.64. The molecule has 2 aromatic rings. The van der Waals surface area contributed by atoms with Crippen molar-refractivity contribution in [2.45, 2.75) is 39.5 Å². The van der Waals surface area contributed by atoms with Crippen molar-refractivity contribution in [3.63, 3.8) is 0 Å². The van der Waals surface area contributed by atoms with E-state index in [0.717, 1.165) is 28.8 Å². The Kier molecular flexibility index (Phi) is 7.09. The molecule has 1 fully saturated rings. The summed E-state index contributed by atoms with van der Waals surface area (Å²) in [5.74, 6) is -0.289. The molecule has 29 heavy (non-hydrogen) atoms. The van der Waals surface area contributed by atoms with Gasteiger partial charge in [-0.1, -0.05) is 42.5 Å². The zero-order valence-corrected chi connectivity index (χ0v) is 18.0. The fourth-order valence-electron chi connectivity index (χ4n) is 3.76. The van der Waals surface area contributed by atoms with Gasteiger partial charge in [-0.2, -0.15) is 0 Å². The van der Waals surface area contributed by atoms with Gasteiger partial charge in [-0.15, -0.1) is 0 Å². The Labute approximate surface area is 174 Å². The molecule has 2 aromatic carbocycles. The predicted molar refractivity (Wildman–Crippen MR) is 117 cm³/mol. The van der Waals surface area contributed by atoms with E-state index < -0.39 is 10.0 Å². The van der Waals surface area contributed by atoms with E-state index in [1.54, 1.807) is 0 Å². The smallest absolute Gasteiger partial charge is 0.228 e. The van der Waals surface area contributed by atoms with E-state index in [2.05, 4.69) is 5.32 Å². The largest absolute Gasteiger partial charge is 0.326 e. The Bertz CT molecular complexity index is 942. The second kappa shape index (κ2) is 9.55. The van der Waals surface area contributed by atoms with Crippen molar-refractivity contribution >= 4 is 21.6 Å². The van der Waals surface area contributed by atoms with Gasteiger partial charge in [-0.25, -0.2) is 12.7 Å². The van der Waals surface area contributed by atoms with Crippen LogP contribution in [-0.2, 0) is 21.2 Å². The molecule has 0 spiro atoms. The first kappa shape index (κ1) is 21.5. The van der Waals surface area contributed by atoms with Gasteiger partial charge in [-0.05, 0) is 62.3 Å². The second-order valence-corrected chi connectivity index (χ2v) is 9.93. The number of sulfonamides is 1. The molecule has 1 saturated heterocycles. The highest BCUT2D eigenvalue weighted by molar-refractivity contribution is 7.89. The summed E-state index contributed by atoms with van der Waals surface area (Å²) < 4.78 is 27.1. The van der Waals surface area contributed by atoms with Crippen LogP contribution >= 0.6 is 0 Å². The van der Waals surface area contributed by atoms with Gasteiger partial charge in [0.05, 0.1) is 11.7 Å². The van der Waals surface area contributed by atoms with Crippen LogP contribution in [0.2, 0.25) is 0 Å². The van der Waals surface area contributed by atoms with Gasteiger partial charge in [0.25, 0.3) is 0 Å². The van der Waals surface area contributed by atoms with Crippen LogP contribution in [-0.4, -0.2) is 37.5 Å². The number of anilines is 1. The van der Waals surface area contributed by atoms with Crippen LogP contribution in [0.25, 0.3) is 0 Å². The number of carbonyl (C=O) groups excluding carboxylic acids is 1. The van der Waals surface area contributed by atoms with Gasteiger partial charge in [0.15, 0.2) is 0 Å². The SMILES string of the molecule is Cc1cccc(NC(=O)[C@H]2CCCN(S(=O)(=O)CCCc3ccccc3)C2)c1C. The minimum Gasteiger partial charge on any atom is -0.326 e. The average molecular weight is 415 g/mol. The first-order valence-corrected chi connectivity index (χ1v) is 11.9. The fourth-order valence-corrected chi connectivity index (χ4v) is 5.34. The first-order chi connectivity index (χ1) is 13.9. The lowest BCUT2D eigenvalue weighted by Gasteiger charge is -2.31. The van der Waals surface area contributed by atoms with Gasteiger partial charge < -0.3 is 5.32 Å². The summed E-state index contributed by atoms with van der Waals surface area (Å²) >= 11 is 0. The maximum atomic E-state index is 12.8. The van der Waals surface area contributed by atoms with Gasteiger partial charge in [-0.3, -0.25) is 4.79 Å². The molecule has 0 aliphatic carbocycles. The molecule has 0 bridgehead atoms.